The van der Waals surface area contributed by atoms with Crippen molar-refractivity contribution >= 4 is 27.6 Å². The average molecular weight is 364 g/mol. The number of nitrogens with zero attached hydrogens (tertiary/aromatic N) is 2. The van der Waals surface area contributed by atoms with E-state index in [-0.39, 0.29) is 22.6 Å². The number of ketones is 1. The van der Waals surface area contributed by atoms with Gasteiger partial charge in [0.15, 0.2) is 17.7 Å². The molecule has 2 aliphatic heterocycles. The third kappa shape index (κ3) is 3.44. The molecule has 0 aromatic heterocycles. The Hall–Kier alpha value is -2.22. The summed E-state index contributed by atoms with van der Waals surface area (Å²) in [4.78, 5) is 25.4. The summed E-state index contributed by atoms with van der Waals surface area (Å²) in [5.74, 6) is -0.400. The predicted molar refractivity (Wildman–Crippen MR) is 90.7 cm³/mol. The number of hydrogen-bond acceptors (Lipinski definition) is 6. The Bertz CT molecular complexity index is 838. The van der Waals surface area contributed by atoms with Crippen LogP contribution in [-0.2, 0) is 24.3 Å². The first kappa shape index (κ1) is 17.6. The molecule has 0 aliphatic carbocycles. The van der Waals surface area contributed by atoms with Crippen LogP contribution in [0.15, 0.2) is 33.6 Å². The lowest BCUT2D eigenvalue weighted by atomic mass is 9.96. The maximum Gasteiger partial charge on any atom is 0.309 e. The summed E-state index contributed by atoms with van der Waals surface area (Å²) < 4.78 is 33.4. The molecule has 134 valence electrons. The molecule has 25 heavy (non-hydrogen) atoms. The van der Waals surface area contributed by atoms with Crippen LogP contribution in [0.5, 0.6) is 0 Å². The number of fused-ring (bicyclic) bond motifs is 1. The van der Waals surface area contributed by atoms with Gasteiger partial charge in [-0.15, -0.1) is 4.40 Å². The highest BCUT2D eigenvalue weighted by Gasteiger charge is 2.35. The highest BCUT2D eigenvalue weighted by atomic mass is 32.2. The maximum atomic E-state index is 12.1. The van der Waals surface area contributed by atoms with E-state index in [1.807, 2.05) is 4.90 Å². The van der Waals surface area contributed by atoms with E-state index >= 15 is 0 Å². The molecule has 0 radical (unpaired) electrons. The van der Waals surface area contributed by atoms with Gasteiger partial charge in [-0.2, -0.15) is 8.42 Å². The number of amidine groups is 1. The van der Waals surface area contributed by atoms with Crippen LogP contribution in [0.1, 0.15) is 32.3 Å². The third-order valence-electron chi connectivity index (χ3n) is 4.61. The summed E-state index contributed by atoms with van der Waals surface area (Å²) >= 11 is 0. The molecule has 1 saturated heterocycles. The summed E-state index contributed by atoms with van der Waals surface area (Å²) in [5.41, 5.74) is 0.605. The molecule has 1 fully saturated rings. The summed E-state index contributed by atoms with van der Waals surface area (Å²) in [6.07, 6.45) is 0.330. The number of rotatable bonds is 3. The molecule has 2 heterocycles. The van der Waals surface area contributed by atoms with E-state index in [0.29, 0.717) is 37.3 Å². The van der Waals surface area contributed by atoms with Crippen molar-refractivity contribution < 1.29 is 22.7 Å². The van der Waals surface area contributed by atoms with Crippen LogP contribution in [0, 0.1) is 5.92 Å². The number of ether oxygens (including phenoxy) is 1. The van der Waals surface area contributed by atoms with Gasteiger partial charge in [-0.05, 0) is 38.8 Å². The molecule has 0 spiro atoms. The fraction of sp³-hybridized carbons (Fsp3) is 0.471. The third-order valence-corrected chi connectivity index (χ3v) is 5.93. The van der Waals surface area contributed by atoms with E-state index in [9.17, 15) is 18.0 Å². The van der Waals surface area contributed by atoms with Crippen molar-refractivity contribution in [3.8, 4) is 0 Å². The smallest absolute Gasteiger partial charge is 0.309 e. The molecule has 7 nitrogen and oxygen atoms in total. The first-order chi connectivity index (χ1) is 11.8. The molecule has 2 aliphatic rings. The highest BCUT2D eigenvalue weighted by Crippen LogP contribution is 2.30. The standard InChI is InChI=1S/C17H20N2O5S/c1-11(20)12(2)24-17(21)13-7-9-19(10-8-13)16-14-5-3-4-6-15(14)25(22,23)18-16/h3-6,12-13H,7-10H2,1-2H3/t12-/m0/s1. The molecular formula is C17H20N2O5S. The second kappa shape index (κ2) is 6.59. The Morgan fingerprint density at radius 1 is 1.24 bits per heavy atom. The van der Waals surface area contributed by atoms with Gasteiger partial charge >= 0.3 is 5.97 Å². The molecule has 0 unspecified atom stereocenters. The van der Waals surface area contributed by atoms with Crippen LogP contribution in [0.3, 0.4) is 0 Å². The second-order valence-electron chi connectivity index (χ2n) is 6.34. The van der Waals surface area contributed by atoms with E-state index in [0.717, 1.165) is 0 Å². The number of piperidine rings is 1. The van der Waals surface area contributed by atoms with Gasteiger partial charge in [-0.1, -0.05) is 12.1 Å². The average Bonchev–Trinajstić information content (AvgIpc) is 2.87. The minimum absolute atomic E-state index is 0.187. The normalized spacial score (nSPS) is 20.6. The van der Waals surface area contributed by atoms with Gasteiger partial charge in [0, 0.05) is 18.7 Å². The first-order valence-corrected chi connectivity index (χ1v) is 9.64. The minimum Gasteiger partial charge on any atom is -0.454 e. The molecule has 0 bridgehead atoms. The van der Waals surface area contributed by atoms with Gasteiger partial charge in [-0.25, -0.2) is 0 Å². The highest BCUT2D eigenvalue weighted by molar-refractivity contribution is 7.90. The van der Waals surface area contributed by atoms with Crippen LogP contribution >= 0.6 is 0 Å². The van der Waals surface area contributed by atoms with Crippen molar-refractivity contribution in [3.05, 3.63) is 29.8 Å². The van der Waals surface area contributed by atoms with E-state index < -0.39 is 16.1 Å². The van der Waals surface area contributed by atoms with Crippen molar-refractivity contribution in [2.45, 2.75) is 37.7 Å². The van der Waals surface area contributed by atoms with Gasteiger partial charge in [0.25, 0.3) is 10.0 Å². The Labute approximate surface area is 146 Å². The van der Waals surface area contributed by atoms with Crippen molar-refractivity contribution in [1.29, 1.82) is 0 Å². The lowest BCUT2D eigenvalue weighted by molar-refractivity contribution is -0.158. The van der Waals surface area contributed by atoms with Crippen molar-refractivity contribution in [2.24, 2.45) is 10.3 Å². The van der Waals surface area contributed by atoms with Crippen LogP contribution in [0.4, 0.5) is 0 Å². The summed E-state index contributed by atoms with van der Waals surface area (Å²) in [7, 11) is -3.64. The summed E-state index contributed by atoms with van der Waals surface area (Å²) in [6.45, 7) is 3.97. The summed E-state index contributed by atoms with van der Waals surface area (Å²) in [6, 6.07) is 6.75. The van der Waals surface area contributed by atoms with Crippen LogP contribution in [-0.4, -0.2) is 50.1 Å². The molecule has 1 atom stereocenters. The van der Waals surface area contributed by atoms with Crippen molar-refractivity contribution in [1.82, 2.24) is 4.90 Å². The Morgan fingerprint density at radius 2 is 1.88 bits per heavy atom. The molecule has 0 N–H and O–H groups in total. The Kier molecular flexibility index (Phi) is 4.64. The number of carbonyl (C=O) groups excluding carboxylic acids is 2. The number of carbonyl (C=O) groups is 2. The fourth-order valence-corrected chi connectivity index (χ4v) is 4.22. The quantitative estimate of drug-likeness (QED) is 0.752. The van der Waals surface area contributed by atoms with Crippen LogP contribution < -0.4 is 0 Å². The van der Waals surface area contributed by atoms with Gasteiger partial charge in [0.05, 0.1) is 5.92 Å². The number of benzene rings is 1. The second-order valence-corrected chi connectivity index (χ2v) is 7.91. The number of hydrogen-bond donors (Lipinski definition) is 0. The van der Waals surface area contributed by atoms with Crippen molar-refractivity contribution in [3.63, 3.8) is 0 Å². The largest absolute Gasteiger partial charge is 0.454 e. The zero-order valence-electron chi connectivity index (χ0n) is 14.1. The van der Waals surface area contributed by atoms with E-state index in [1.54, 1.807) is 31.2 Å². The van der Waals surface area contributed by atoms with Gasteiger partial charge in [0.1, 0.15) is 4.90 Å². The van der Waals surface area contributed by atoms with Gasteiger partial charge in [-0.3, -0.25) is 9.59 Å². The van der Waals surface area contributed by atoms with Gasteiger partial charge < -0.3 is 9.64 Å². The van der Waals surface area contributed by atoms with Gasteiger partial charge in [0.2, 0.25) is 0 Å². The van der Waals surface area contributed by atoms with E-state index in [4.69, 9.17) is 4.74 Å². The first-order valence-electron chi connectivity index (χ1n) is 8.20. The van der Waals surface area contributed by atoms with Crippen LogP contribution in [0.2, 0.25) is 0 Å². The fourth-order valence-electron chi connectivity index (χ4n) is 3.00. The molecule has 1 aromatic carbocycles. The lowest BCUT2D eigenvalue weighted by Crippen LogP contribution is -2.41. The Balaban J connectivity index is 1.68. The zero-order chi connectivity index (χ0) is 18.2. The lowest BCUT2D eigenvalue weighted by Gasteiger charge is -2.32. The zero-order valence-corrected chi connectivity index (χ0v) is 15.0. The maximum absolute atomic E-state index is 12.1. The molecule has 1 aromatic rings. The molecule has 0 amide bonds. The molecule has 0 saturated carbocycles. The molecular weight excluding hydrogens is 344 g/mol. The minimum atomic E-state index is -3.64. The number of Topliss-reactive ketones (excluding diaryl/α,β-unsaturated/α-hetero) is 1. The topological polar surface area (TPSA) is 93.1 Å². The molecule has 3 rings (SSSR count). The van der Waals surface area contributed by atoms with E-state index in [1.165, 1.54) is 6.92 Å². The number of sulfonamides is 1. The van der Waals surface area contributed by atoms with Crippen LogP contribution in [0.25, 0.3) is 0 Å². The Morgan fingerprint density at radius 3 is 2.52 bits per heavy atom. The SMILES string of the molecule is CC(=O)[C@H](C)OC(=O)C1CCN(C2=NS(=O)(=O)c3ccccc32)CC1. The predicted octanol–water partition coefficient (Wildman–Crippen LogP) is 1.37. The van der Waals surface area contributed by atoms with E-state index in [2.05, 4.69) is 4.40 Å². The monoisotopic (exact) mass is 364 g/mol. The number of likely N-dealkylation sites (tertiary alicyclic amines) is 1. The van der Waals surface area contributed by atoms with Crippen molar-refractivity contribution in [2.75, 3.05) is 13.1 Å². The number of esters is 1. The molecule has 8 heteroatoms. The summed E-state index contributed by atoms with van der Waals surface area (Å²) in [5, 5.41) is 0.